The molecule has 0 aliphatic rings. The fraction of sp³-hybridized carbons (Fsp3) is 0.273. The van der Waals surface area contributed by atoms with Crippen LogP contribution in [0.4, 0.5) is 0 Å². The fourth-order valence-corrected chi connectivity index (χ4v) is 1.62. The van der Waals surface area contributed by atoms with Gasteiger partial charge in [0.15, 0.2) is 0 Å². The molecule has 0 radical (unpaired) electrons. The van der Waals surface area contributed by atoms with E-state index < -0.39 is 0 Å². The lowest BCUT2D eigenvalue weighted by Gasteiger charge is -2.10. The summed E-state index contributed by atoms with van der Waals surface area (Å²) in [5.74, 6) is 1.03. The average Bonchev–Trinajstić information content (AvgIpc) is 2.76. The maximum absolute atomic E-state index is 5.69. The van der Waals surface area contributed by atoms with Crippen molar-refractivity contribution in [2.45, 2.75) is 19.9 Å². The van der Waals surface area contributed by atoms with Crippen LogP contribution in [0.3, 0.4) is 0 Å². The van der Waals surface area contributed by atoms with Crippen LogP contribution in [-0.4, -0.2) is 14.5 Å². The summed E-state index contributed by atoms with van der Waals surface area (Å²) in [5.41, 5.74) is 7.79. The van der Waals surface area contributed by atoms with Gasteiger partial charge < -0.3 is 10.3 Å². The molecule has 0 unspecified atom stereocenters. The summed E-state index contributed by atoms with van der Waals surface area (Å²) in [7, 11) is 0. The van der Waals surface area contributed by atoms with Crippen LogP contribution in [0.15, 0.2) is 30.9 Å². The van der Waals surface area contributed by atoms with Crippen molar-refractivity contribution < 1.29 is 0 Å². The highest BCUT2D eigenvalue weighted by Gasteiger charge is 2.06. The lowest BCUT2D eigenvalue weighted by atomic mass is 10.2. The molecule has 2 rings (SSSR count). The number of aromatic nitrogens is 3. The third kappa shape index (κ3) is 1.76. The number of rotatable bonds is 3. The lowest BCUT2D eigenvalue weighted by molar-refractivity contribution is 0.869. The number of pyridine rings is 1. The third-order valence-corrected chi connectivity index (χ3v) is 2.40. The Morgan fingerprint density at radius 2 is 2.27 bits per heavy atom. The van der Waals surface area contributed by atoms with Crippen LogP contribution in [0.1, 0.15) is 18.3 Å². The monoisotopic (exact) mass is 202 g/mol. The van der Waals surface area contributed by atoms with Gasteiger partial charge in [0, 0.05) is 31.6 Å². The van der Waals surface area contributed by atoms with Crippen LogP contribution < -0.4 is 5.73 Å². The number of nitrogens with zero attached hydrogens (tertiary/aromatic N) is 3. The van der Waals surface area contributed by atoms with Crippen LogP contribution >= 0.6 is 0 Å². The molecule has 0 atom stereocenters. The molecule has 0 saturated heterocycles. The van der Waals surface area contributed by atoms with E-state index in [9.17, 15) is 0 Å². The van der Waals surface area contributed by atoms with Crippen molar-refractivity contribution in [2.24, 2.45) is 5.73 Å². The molecule has 0 spiro atoms. The van der Waals surface area contributed by atoms with Gasteiger partial charge in [-0.1, -0.05) is 6.92 Å². The topological polar surface area (TPSA) is 56.7 Å². The number of aryl methyl sites for hydroxylation is 1. The number of hydrogen-bond donors (Lipinski definition) is 1. The van der Waals surface area contributed by atoms with Gasteiger partial charge in [0.2, 0.25) is 0 Å². The average molecular weight is 202 g/mol. The molecule has 0 saturated carbocycles. The first-order valence-electron chi connectivity index (χ1n) is 5.02. The first-order valence-corrected chi connectivity index (χ1v) is 5.02. The Bertz CT molecular complexity index is 447. The summed E-state index contributed by atoms with van der Waals surface area (Å²) in [6, 6.07) is 1.94. The summed E-state index contributed by atoms with van der Waals surface area (Å²) in [6.45, 7) is 2.59. The van der Waals surface area contributed by atoms with Crippen LogP contribution in [-0.2, 0) is 13.0 Å². The first-order chi connectivity index (χ1) is 7.36. The Labute approximate surface area is 88.8 Å². The summed E-state index contributed by atoms with van der Waals surface area (Å²) in [5, 5.41) is 0. The Kier molecular flexibility index (Phi) is 2.78. The molecule has 0 amide bonds. The van der Waals surface area contributed by atoms with Gasteiger partial charge in [-0.3, -0.25) is 4.98 Å². The van der Waals surface area contributed by atoms with Gasteiger partial charge in [0.05, 0.1) is 11.9 Å². The van der Waals surface area contributed by atoms with E-state index in [4.69, 9.17) is 5.73 Å². The Hall–Kier alpha value is -1.68. The number of imidazole rings is 1. The maximum Gasteiger partial charge on any atom is 0.112 e. The van der Waals surface area contributed by atoms with E-state index >= 15 is 0 Å². The standard InChI is InChI=1S/C11H14N4/c1-2-11-14-5-6-15(11)10-8-13-4-3-9(10)7-12/h3-6,8H,2,7,12H2,1H3. The Balaban J connectivity index is 2.53. The van der Waals surface area contributed by atoms with Gasteiger partial charge in [-0.2, -0.15) is 0 Å². The lowest BCUT2D eigenvalue weighted by Crippen LogP contribution is -2.06. The highest BCUT2D eigenvalue weighted by Crippen LogP contribution is 2.14. The van der Waals surface area contributed by atoms with Gasteiger partial charge in [-0.15, -0.1) is 0 Å². The van der Waals surface area contributed by atoms with Gasteiger partial charge in [-0.25, -0.2) is 4.98 Å². The van der Waals surface area contributed by atoms with E-state index in [1.54, 1.807) is 12.4 Å². The van der Waals surface area contributed by atoms with Crippen LogP contribution in [0.2, 0.25) is 0 Å². The SMILES string of the molecule is CCc1nccn1-c1cnccc1CN. The normalized spacial score (nSPS) is 10.5. The van der Waals surface area contributed by atoms with E-state index in [1.165, 1.54) is 0 Å². The number of hydrogen-bond acceptors (Lipinski definition) is 3. The van der Waals surface area contributed by atoms with Crippen molar-refractivity contribution in [2.75, 3.05) is 0 Å². The van der Waals surface area contributed by atoms with Crippen molar-refractivity contribution in [1.29, 1.82) is 0 Å². The van der Waals surface area contributed by atoms with Crippen molar-refractivity contribution in [1.82, 2.24) is 14.5 Å². The molecule has 2 aromatic heterocycles. The van der Waals surface area contributed by atoms with E-state index in [0.29, 0.717) is 6.54 Å². The zero-order chi connectivity index (χ0) is 10.7. The molecule has 0 aliphatic carbocycles. The Morgan fingerprint density at radius 1 is 1.40 bits per heavy atom. The molecule has 2 N–H and O–H groups in total. The van der Waals surface area contributed by atoms with E-state index in [-0.39, 0.29) is 0 Å². The molecular formula is C11H14N4. The smallest absolute Gasteiger partial charge is 0.112 e. The molecule has 4 nitrogen and oxygen atoms in total. The van der Waals surface area contributed by atoms with Gasteiger partial charge in [0.1, 0.15) is 5.82 Å². The van der Waals surface area contributed by atoms with E-state index in [1.807, 2.05) is 23.0 Å². The fourth-order valence-electron chi connectivity index (χ4n) is 1.62. The predicted octanol–water partition coefficient (Wildman–Crippen LogP) is 1.29. The van der Waals surface area contributed by atoms with Crippen molar-refractivity contribution in [3.05, 3.63) is 42.2 Å². The van der Waals surface area contributed by atoms with Crippen LogP contribution in [0.5, 0.6) is 0 Å². The largest absolute Gasteiger partial charge is 0.326 e. The molecule has 2 heterocycles. The first kappa shape index (κ1) is 9.86. The quantitative estimate of drug-likeness (QED) is 0.815. The van der Waals surface area contributed by atoms with Crippen LogP contribution in [0, 0.1) is 0 Å². The predicted molar refractivity (Wildman–Crippen MR) is 58.6 cm³/mol. The molecule has 2 aromatic rings. The molecule has 0 aliphatic heterocycles. The zero-order valence-corrected chi connectivity index (χ0v) is 8.72. The third-order valence-electron chi connectivity index (χ3n) is 2.40. The molecule has 0 fully saturated rings. The Morgan fingerprint density at radius 3 is 3.00 bits per heavy atom. The minimum atomic E-state index is 0.513. The minimum Gasteiger partial charge on any atom is -0.326 e. The molecule has 0 bridgehead atoms. The van der Waals surface area contributed by atoms with Gasteiger partial charge >= 0.3 is 0 Å². The molecule has 78 valence electrons. The highest BCUT2D eigenvalue weighted by molar-refractivity contribution is 5.39. The second-order valence-corrected chi connectivity index (χ2v) is 3.28. The molecule has 4 heteroatoms. The second-order valence-electron chi connectivity index (χ2n) is 3.28. The van der Waals surface area contributed by atoms with E-state index in [0.717, 1.165) is 23.5 Å². The zero-order valence-electron chi connectivity index (χ0n) is 8.72. The molecule has 0 aromatic carbocycles. The second kappa shape index (κ2) is 4.23. The highest BCUT2D eigenvalue weighted by atomic mass is 15.1. The summed E-state index contributed by atoms with van der Waals surface area (Å²) >= 11 is 0. The molecular weight excluding hydrogens is 188 g/mol. The van der Waals surface area contributed by atoms with Crippen molar-refractivity contribution in [3.8, 4) is 5.69 Å². The van der Waals surface area contributed by atoms with E-state index in [2.05, 4.69) is 16.9 Å². The van der Waals surface area contributed by atoms with Crippen LogP contribution in [0.25, 0.3) is 5.69 Å². The summed E-state index contributed by atoms with van der Waals surface area (Å²) in [4.78, 5) is 8.40. The summed E-state index contributed by atoms with van der Waals surface area (Å²) in [6.07, 6.45) is 8.21. The summed E-state index contributed by atoms with van der Waals surface area (Å²) < 4.78 is 2.04. The number of nitrogens with two attached hydrogens (primary N) is 1. The van der Waals surface area contributed by atoms with Crippen molar-refractivity contribution >= 4 is 0 Å². The van der Waals surface area contributed by atoms with Gasteiger partial charge in [-0.05, 0) is 11.6 Å². The minimum absolute atomic E-state index is 0.513. The maximum atomic E-state index is 5.69. The van der Waals surface area contributed by atoms with Crippen molar-refractivity contribution in [3.63, 3.8) is 0 Å². The van der Waals surface area contributed by atoms with Gasteiger partial charge in [0.25, 0.3) is 0 Å². The molecule has 15 heavy (non-hydrogen) atoms.